The number of rotatable bonds is 6. The molecular weight excluding hydrogens is 234 g/mol. The molecule has 0 fully saturated rings. The Morgan fingerprint density at radius 1 is 1.28 bits per heavy atom. The fourth-order valence-electron chi connectivity index (χ4n) is 1.05. The summed E-state index contributed by atoms with van der Waals surface area (Å²) in [6.45, 7) is 11.0. The van der Waals surface area contributed by atoms with Gasteiger partial charge in [0.25, 0.3) is 0 Å². The van der Waals surface area contributed by atoms with Crippen LogP contribution in [0.2, 0.25) is 0 Å². The lowest BCUT2D eigenvalue weighted by atomic mass is 9.91. The predicted molar refractivity (Wildman–Crippen MR) is 69.0 cm³/mol. The van der Waals surface area contributed by atoms with Gasteiger partial charge in [0.2, 0.25) is 6.79 Å². The van der Waals surface area contributed by atoms with Crippen molar-refractivity contribution in [3.8, 4) is 0 Å². The normalized spacial score (nSPS) is 10.7. The van der Waals surface area contributed by atoms with E-state index in [1.807, 2.05) is 13.8 Å². The van der Waals surface area contributed by atoms with Crippen molar-refractivity contribution >= 4 is 12.1 Å². The molecule has 0 aromatic heterocycles. The number of nitrogens with zero attached hydrogens (tertiary/aromatic N) is 1. The van der Waals surface area contributed by atoms with Crippen molar-refractivity contribution in [1.29, 1.82) is 0 Å². The summed E-state index contributed by atoms with van der Waals surface area (Å²) >= 11 is 0. The van der Waals surface area contributed by atoms with Gasteiger partial charge in [0.05, 0.1) is 5.41 Å². The van der Waals surface area contributed by atoms with Crippen LogP contribution in [-0.4, -0.2) is 37.3 Å². The number of hydrogen-bond donors (Lipinski definition) is 0. The minimum Gasteiger partial charge on any atom is -0.427 e. The third kappa shape index (κ3) is 5.70. The molecule has 0 radical (unpaired) electrons. The molecule has 0 heterocycles. The highest BCUT2D eigenvalue weighted by molar-refractivity contribution is 5.76. The Balaban J connectivity index is 4.02. The molecule has 0 bridgehead atoms. The molecule has 0 aromatic carbocycles. The monoisotopic (exact) mass is 257 g/mol. The van der Waals surface area contributed by atoms with Crippen LogP contribution in [-0.2, 0) is 14.3 Å². The average molecular weight is 257 g/mol. The van der Waals surface area contributed by atoms with Crippen LogP contribution in [0, 0.1) is 5.41 Å². The van der Waals surface area contributed by atoms with E-state index in [1.54, 1.807) is 20.9 Å². The number of esters is 1. The first-order valence-corrected chi connectivity index (χ1v) is 5.90. The summed E-state index contributed by atoms with van der Waals surface area (Å²) in [4.78, 5) is 24.4. The fraction of sp³-hybridized carbons (Fsp3) is 0.692. The van der Waals surface area contributed by atoms with Gasteiger partial charge in [0.15, 0.2) is 0 Å². The highest BCUT2D eigenvalue weighted by atomic mass is 16.7. The highest BCUT2D eigenvalue weighted by Gasteiger charge is 2.27. The third-order valence-electron chi connectivity index (χ3n) is 2.63. The van der Waals surface area contributed by atoms with E-state index in [4.69, 9.17) is 9.47 Å². The minimum absolute atomic E-state index is 0.359. The van der Waals surface area contributed by atoms with Gasteiger partial charge < -0.3 is 14.4 Å². The lowest BCUT2D eigenvalue weighted by Gasteiger charge is -2.21. The number of carbonyl (C=O) groups excluding carboxylic acids is 2. The minimum atomic E-state index is -0.560. The van der Waals surface area contributed by atoms with Crippen molar-refractivity contribution < 1.29 is 19.1 Å². The lowest BCUT2D eigenvalue weighted by Crippen LogP contribution is -2.31. The Morgan fingerprint density at radius 3 is 2.28 bits per heavy atom. The van der Waals surface area contributed by atoms with E-state index in [9.17, 15) is 9.59 Å². The van der Waals surface area contributed by atoms with Crippen molar-refractivity contribution in [2.45, 2.75) is 34.1 Å². The molecule has 0 aliphatic rings. The van der Waals surface area contributed by atoms with Crippen LogP contribution < -0.4 is 0 Å². The molecule has 0 saturated heterocycles. The molecule has 1 amide bonds. The molecule has 0 unspecified atom stereocenters. The summed E-state index contributed by atoms with van der Waals surface area (Å²) in [5.41, 5.74) is 0.286. The molecule has 0 spiro atoms. The highest BCUT2D eigenvalue weighted by Crippen LogP contribution is 2.21. The van der Waals surface area contributed by atoms with Crippen molar-refractivity contribution in [2.24, 2.45) is 5.41 Å². The molecule has 0 atom stereocenters. The Kier molecular flexibility index (Phi) is 6.44. The van der Waals surface area contributed by atoms with E-state index in [1.165, 1.54) is 4.90 Å². The van der Waals surface area contributed by atoms with Crippen molar-refractivity contribution in [1.82, 2.24) is 4.90 Å². The van der Waals surface area contributed by atoms with E-state index in [-0.39, 0.29) is 12.8 Å². The van der Waals surface area contributed by atoms with Crippen LogP contribution >= 0.6 is 0 Å². The van der Waals surface area contributed by atoms with Crippen LogP contribution in [0.1, 0.15) is 34.1 Å². The maximum Gasteiger partial charge on any atom is 0.412 e. The molecule has 5 heteroatoms. The smallest absolute Gasteiger partial charge is 0.412 e. The van der Waals surface area contributed by atoms with E-state index in [0.717, 1.165) is 5.57 Å². The van der Waals surface area contributed by atoms with Gasteiger partial charge in [-0.1, -0.05) is 19.1 Å². The molecule has 104 valence electrons. The molecule has 5 nitrogen and oxygen atoms in total. The zero-order valence-electron chi connectivity index (χ0n) is 11.9. The van der Waals surface area contributed by atoms with Crippen LogP contribution in [0.15, 0.2) is 12.2 Å². The topological polar surface area (TPSA) is 55.8 Å². The second-order valence-electron chi connectivity index (χ2n) is 5.01. The Morgan fingerprint density at radius 2 is 1.83 bits per heavy atom. The zero-order valence-corrected chi connectivity index (χ0v) is 11.9. The van der Waals surface area contributed by atoms with Crippen LogP contribution in [0.3, 0.4) is 0 Å². The summed E-state index contributed by atoms with van der Waals surface area (Å²) < 4.78 is 9.71. The molecule has 18 heavy (non-hydrogen) atoms. The van der Waals surface area contributed by atoms with Gasteiger partial charge in [-0.25, -0.2) is 4.79 Å². The summed E-state index contributed by atoms with van der Waals surface area (Å²) in [7, 11) is 1.59. The van der Waals surface area contributed by atoms with Crippen molar-refractivity contribution in [3.63, 3.8) is 0 Å². The molecule has 0 aromatic rings. The van der Waals surface area contributed by atoms with Gasteiger partial charge in [0, 0.05) is 13.6 Å². The SMILES string of the molecule is C=C(C)CN(C)C(=O)OCOC(=O)C(C)(C)CC. The fourth-order valence-corrected chi connectivity index (χ4v) is 1.05. The van der Waals surface area contributed by atoms with E-state index in [2.05, 4.69) is 6.58 Å². The van der Waals surface area contributed by atoms with Crippen LogP contribution in [0.4, 0.5) is 4.79 Å². The largest absolute Gasteiger partial charge is 0.427 e. The van der Waals surface area contributed by atoms with E-state index in [0.29, 0.717) is 13.0 Å². The Bertz CT molecular complexity index is 323. The van der Waals surface area contributed by atoms with Crippen molar-refractivity contribution in [3.05, 3.63) is 12.2 Å². The standard InChI is InChI=1S/C13H23NO4/c1-7-13(4,5)11(15)17-9-18-12(16)14(6)8-10(2)3/h2,7-9H2,1,3-6H3. The first kappa shape index (κ1) is 16.5. The Labute approximate surface area is 109 Å². The number of hydrogen-bond acceptors (Lipinski definition) is 4. The number of likely N-dealkylation sites (N-methyl/N-ethyl adjacent to an activating group) is 1. The molecule has 0 N–H and O–H groups in total. The first-order valence-electron chi connectivity index (χ1n) is 5.90. The third-order valence-corrected chi connectivity index (χ3v) is 2.63. The number of carbonyl (C=O) groups is 2. The van der Waals surface area contributed by atoms with E-state index < -0.39 is 11.5 Å². The quantitative estimate of drug-likeness (QED) is 0.417. The van der Waals surface area contributed by atoms with Crippen molar-refractivity contribution in [2.75, 3.05) is 20.4 Å². The summed E-state index contributed by atoms with van der Waals surface area (Å²) in [6.07, 6.45) is 0.120. The van der Waals surface area contributed by atoms with Gasteiger partial charge in [-0.15, -0.1) is 0 Å². The summed E-state index contributed by atoms with van der Waals surface area (Å²) in [5, 5.41) is 0. The molecular formula is C13H23NO4. The van der Waals surface area contributed by atoms with Gasteiger partial charge in [-0.05, 0) is 27.2 Å². The number of ether oxygens (including phenoxy) is 2. The first-order chi connectivity index (χ1) is 8.20. The second-order valence-corrected chi connectivity index (χ2v) is 5.01. The maximum atomic E-state index is 11.6. The van der Waals surface area contributed by atoms with Gasteiger partial charge >= 0.3 is 12.1 Å². The molecule has 0 saturated carbocycles. The maximum absolute atomic E-state index is 11.6. The molecule has 0 aliphatic carbocycles. The predicted octanol–water partition coefficient (Wildman–Crippen LogP) is 2.57. The number of amides is 1. The Hall–Kier alpha value is -1.52. The van der Waals surface area contributed by atoms with Gasteiger partial charge in [-0.3, -0.25) is 4.79 Å². The average Bonchev–Trinajstić information content (AvgIpc) is 2.27. The molecule has 0 aliphatic heterocycles. The summed E-state index contributed by atoms with van der Waals surface area (Å²) in [6, 6.07) is 0. The van der Waals surface area contributed by atoms with Crippen LogP contribution in [0.5, 0.6) is 0 Å². The van der Waals surface area contributed by atoms with Gasteiger partial charge in [-0.2, -0.15) is 0 Å². The lowest BCUT2D eigenvalue weighted by molar-refractivity contribution is -0.163. The summed E-state index contributed by atoms with van der Waals surface area (Å²) in [5.74, 6) is -0.375. The van der Waals surface area contributed by atoms with Crippen LogP contribution in [0.25, 0.3) is 0 Å². The van der Waals surface area contributed by atoms with E-state index >= 15 is 0 Å². The zero-order chi connectivity index (χ0) is 14.3. The second kappa shape index (κ2) is 7.03. The molecule has 0 rings (SSSR count). The van der Waals surface area contributed by atoms with Gasteiger partial charge in [0.1, 0.15) is 0 Å².